The zero-order valence-corrected chi connectivity index (χ0v) is 14.6. The third-order valence-corrected chi connectivity index (χ3v) is 6.27. The fourth-order valence-electron chi connectivity index (χ4n) is 4.09. The molecule has 122 valence electrons. The predicted octanol–water partition coefficient (Wildman–Crippen LogP) is 4.71. The molecule has 0 radical (unpaired) electrons. The smallest absolute Gasteiger partial charge is 0.118 e. The first-order valence-electron chi connectivity index (χ1n) is 8.54. The number of methoxy groups -OCH3 is 1. The van der Waals surface area contributed by atoms with Gasteiger partial charge in [0.05, 0.1) is 23.7 Å². The maximum absolute atomic E-state index is 5.30. The standard InChI is InChI=1S/C20H20N2OS/c1-23-15-8-6-14(7-9-15)16-13-24-20-18(16)22-12-4-5-17(22)19(20)21-10-2-3-11-21/h4-9,12-13,19H,2-3,10-11H2,1H3. The van der Waals surface area contributed by atoms with E-state index in [0.29, 0.717) is 6.04 Å². The molecule has 1 aromatic carbocycles. The van der Waals surface area contributed by atoms with Crippen LogP contribution in [0.1, 0.15) is 29.5 Å². The summed E-state index contributed by atoms with van der Waals surface area (Å²) < 4.78 is 7.70. The van der Waals surface area contributed by atoms with Crippen molar-refractivity contribution >= 4 is 11.3 Å². The van der Waals surface area contributed by atoms with Crippen molar-refractivity contribution in [2.75, 3.05) is 20.2 Å². The quantitative estimate of drug-likeness (QED) is 0.689. The number of nitrogens with zero attached hydrogens (tertiary/aromatic N) is 2. The second-order valence-corrected chi connectivity index (χ2v) is 7.45. The van der Waals surface area contributed by atoms with Crippen molar-refractivity contribution in [3.63, 3.8) is 0 Å². The summed E-state index contributed by atoms with van der Waals surface area (Å²) in [5.41, 5.74) is 5.39. The lowest BCUT2D eigenvalue weighted by molar-refractivity contribution is 0.285. The van der Waals surface area contributed by atoms with Gasteiger partial charge < -0.3 is 9.30 Å². The zero-order chi connectivity index (χ0) is 16.1. The number of rotatable bonds is 3. The van der Waals surface area contributed by atoms with E-state index < -0.39 is 0 Å². The lowest BCUT2D eigenvalue weighted by Crippen LogP contribution is -2.24. The van der Waals surface area contributed by atoms with Crippen molar-refractivity contribution in [1.29, 1.82) is 0 Å². The first-order valence-corrected chi connectivity index (χ1v) is 9.42. The van der Waals surface area contributed by atoms with Gasteiger partial charge in [-0.15, -0.1) is 11.3 Å². The molecule has 0 N–H and O–H groups in total. The third-order valence-electron chi connectivity index (χ3n) is 5.25. The van der Waals surface area contributed by atoms with Gasteiger partial charge in [-0.1, -0.05) is 12.1 Å². The van der Waals surface area contributed by atoms with Gasteiger partial charge in [-0.25, -0.2) is 0 Å². The van der Waals surface area contributed by atoms with Gasteiger partial charge in [0.1, 0.15) is 5.75 Å². The summed E-state index contributed by atoms with van der Waals surface area (Å²) in [6.45, 7) is 2.43. The summed E-state index contributed by atoms with van der Waals surface area (Å²) in [5.74, 6) is 0.905. The normalized spacial score (nSPS) is 19.5. The number of ether oxygens (including phenoxy) is 1. The summed E-state index contributed by atoms with van der Waals surface area (Å²) in [7, 11) is 1.71. The zero-order valence-electron chi connectivity index (χ0n) is 13.7. The van der Waals surface area contributed by atoms with Crippen LogP contribution in [0.2, 0.25) is 0 Å². The molecule has 24 heavy (non-hydrogen) atoms. The van der Waals surface area contributed by atoms with Gasteiger partial charge in [-0.3, -0.25) is 4.90 Å². The van der Waals surface area contributed by atoms with Crippen LogP contribution in [0.25, 0.3) is 16.8 Å². The molecule has 3 nitrogen and oxygen atoms in total. The van der Waals surface area contributed by atoms with E-state index in [4.69, 9.17) is 4.74 Å². The molecule has 0 spiro atoms. The fraction of sp³-hybridized carbons (Fsp3) is 0.300. The predicted molar refractivity (Wildman–Crippen MR) is 98.3 cm³/mol. The third kappa shape index (κ3) is 2.00. The molecule has 1 fully saturated rings. The highest BCUT2D eigenvalue weighted by Gasteiger charge is 2.37. The van der Waals surface area contributed by atoms with Crippen molar-refractivity contribution < 1.29 is 4.74 Å². The molecule has 0 amide bonds. The maximum Gasteiger partial charge on any atom is 0.118 e. The van der Waals surface area contributed by atoms with Crippen LogP contribution in [-0.2, 0) is 0 Å². The van der Waals surface area contributed by atoms with Crippen molar-refractivity contribution in [3.8, 4) is 22.6 Å². The van der Waals surface area contributed by atoms with Crippen LogP contribution < -0.4 is 4.74 Å². The Balaban J connectivity index is 1.63. The van der Waals surface area contributed by atoms with Crippen LogP contribution in [0.15, 0.2) is 48.0 Å². The highest BCUT2D eigenvalue weighted by molar-refractivity contribution is 7.11. The van der Waals surface area contributed by atoms with Crippen LogP contribution in [0.4, 0.5) is 0 Å². The second kappa shape index (κ2) is 5.50. The lowest BCUT2D eigenvalue weighted by Gasteiger charge is -2.22. The molecule has 1 unspecified atom stereocenters. The highest BCUT2D eigenvalue weighted by atomic mass is 32.1. The van der Waals surface area contributed by atoms with E-state index >= 15 is 0 Å². The molecule has 0 saturated carbocycles. The Morgan fingerprint density at radius 2 is 1.88 bits per heavy atom. The fourth-order valence-corrected chi connectivity index (χ4v) is 5.30. The van der Waals surface area contributed by atoms with Crippen molar-refractivity contribution in [3.05, 3.63) is 58.5 Å². The molecular formula is C20H20N2OS. The summed E-state index contributed by atoms with van der Waals surface area (Å²) >= 11 is 1.91. The monoisotopic (exact) mass is 336 g/mol. The Bertz CT molecular complexity index is 871. The molecule has 2 aliphatic heterocycles. The average molecular weight is 336 g/mol. The Morgan fingerprint density at radius 1 is 1.08 bits per heavy atom. The van der Waals surface area contributed by atoms with Gasteiger partial charge in [0.2, 0.25) is 0 Å². The van der Waals surface area contributed by atoms with Gasteiger partial charge in [-0.05, 0) is 55.8 Å². The largest absolute Gasteiger partial charge is 0.497 e. The number of hydrogen-bond acceptors (Lipinski definition) is 3. The van der Waals surface area contributed by atoms with Gasteiger partial charge in [0.15, 0.2) is 0 Å². The number of benzene rings is 1. The summed E-state index contributed by atoms with van der Waals surface area (Å²) in [5, 5.41) is 2.32. The van der Waals surface area contributed by atoms with E-state index in [1.807, 2.05) is 23.5 Å². The van der Waals surface area contributed by atoms with Gasteiger partial charge in [-0.2, -0.15) is 0 Å². The lowest BCUT2D eigenvalue weighted by atomic mass is 10.1. The minimum Gasteiger partial charge on any atom is -0.497 e. The van der Waals surface area contributed by atoms with E-state index in [2.05, 4.69) is 45.3 Å². The van der Waals surface area contributed by atoms with Crippen LogP contribution in [-0.4, -0.2) is 29.7 Å². The molecule has 4 heteroatoms. The van der Waals surface area contributed by atoms with Crippen LogP contribution in [0.5, 0.6) is 5.75 Å². The topological polar surface area (TPSA) is 17.4 Å². The Labute approximate surface area is 146 Å². The van der Waals surface area contributed by atoms with Crippen LogP contribution in [0, 0.1) is 0 Å². The van der Waals surface area contributed by atoms with Crippen molar-refractivity contribution in [2.24, 2.45) is 0 Å². The van der Waals surface area contributed by atoms with Gasteiger partial charge in [0, 0.05) is 22.8 Å². The maximum atomic E-state index is 5.30. The number of aromatic nitrogens is 1. The average Bonchev–Trinajstić information content (AvgIpc) is 3.37. The number of hydrogen-bond donors (Lipinski definition) is 0. The minimum absolute atomic E-state index is 0.439. The molecule has 3 aromatic rings. The molecule has 5 rings (SSSR count). The van der Waals surface area contributed by atoms with Crippen LogP contribution in [0.3, 0.4) is 0 Å². The molecule has 1 atom stereocenters. The van der Waals surface area contributed by atoms with Crippen LogP contribution >= 0.6 is 11.3 Å². The van der Waals surface area contributed by atoms with E-state index in [9.17, 15) is 0 Å². The highest BCUT2D eigenvalue weighted by Crippen LogP contribution is 2.49. The first kappa shape index (κ1) is 14.3. The summed E-state index contributed by atoms with van der Waals surface area (Å²) in [4.78, 5) is 4.14. The molecule has 4 heterocycles. The molecular weight excluding hydrogens is 316 g/mol. The Hall–Kier alpha value is -2.04. The van der Waals surface area contributed by atoms with Gasteiger partial charge in [0.25, 0.3) is 0 Å². The van der Waals surface area contributed by atoms with E-state index in [1.165, 1.54) is 53.3 Å². The first-order chi connectivity index (χ1) is 11.9. The minimum atomic E-state index is 0.439. The van der Waals surface area contributed by atoms with E-state index in [-0.39, 0.29) is 0 Å². The molecule has 2 aliphatic rings. The molecule has 0 bridgehead atoms. The van der Waals surface area contributed by atoms with E-state index in [0.717, 1.165) is 5.75 Å². The SMILES string of the molecule is COc1ccc(-c2csc3c2-n2cccc2C3N2CCCC2)cc1. The summed E-state index contributed by atoms with van der Waals surface area (Å²) in [6, 6.07) is 13.3. The summed E-state index contributed by atoms with van der Waals surface area (Å²) in [6.07, 6.45) is 4.86. The molecule has 1 saturated heterocycles. The molecule has 0 aliphatic carbocycles. The Kier molecular flexibility index (Phi) is 3.28. The second-order valence-electron chi connectivity index (χ2n) is 6.54. The number of thiophene rings is 1. The van der Waals surface area contributed by atoms with E-state index in [1.54, 1.807) is 7.11 Å². The Morgan fingerprint density at radius 3 is 2.62 bits per heavy atom. The number of fused-ring (bicyclic) bond motifs is 3. The van der Waals surface area contributed by atoms with Crippen molar-refractivity contribution in [2.45, 2.75) is 18.9 Å². The molecule has 2 aromatic heterocycles. The van der Waals surface area contributed by atoms with Crippen molar-refractivity contribution in [1.82, 2.24) is 9.47 Å². The number of likely N-dealkylation sites (tertiary alicyclic amines) is 1. The van der Waals surface area contributed by atoms with Gasteiger partial charge >= 0.3 is 0 Å².